The molecule has 1 aromatic carbocycles. The summed E-state index contributed by atoms with van der Waals surface area (Å²) in [6.07, 6.45) is 6.37. The zero-order valence-corrected chi connectivity index (χ0v) is 21.2. The van der Waals surface area contributed by atoms with Crippen LogP contribution in [0.25, 0.3) is 22.5 Å². The van der Waals surface area contributed by atoms with Crippen molar-refractivity contribution in [2.75, 3.05) is 17.7 Å². The zero-order valence-electron chi connectivity index (χ0n) is 21.2. The van der Waals surface area contributed by atoms with Crippen molar-refractivity contribution >= 4 is 23.7 Å². The number of pyridine rings is 2. The smallest absolute Gasteiger partial charge is 0.280 e. The van der Waals surface area contributed by atoms with E-state index in [1.807, 2.05) is 6.07 Å². The highest BCUT2D eigenvalue weighted by atomic mass is 19.3. The number of nitrogens with one attached hydrogen (secondary N) is 2. The van der Waals surface area contributed by atoms with E-state index in [1.165, 1.54) is 24.4 Å². The molecule has 0 aliphatic heterocycles. The Morgan fingerprint density at radius 1 is 1.05 bits per heavy atom. The summed E-state index contributed by atoms with van der Waals surface area (Å²) >= 11 is 0. The number of benzene rings is 1. The number of amides is 1. The van der Waals surface area contributed by atoms with Crippen LogP contribution in [-0.2, 0) is 4.79 Å². The van der Waals surface area contributed by atoms with E-state index in [-0.39, 0.29) is 11.3 Å². The van der Waals surface area contributed by atoms with Gasteiger partial charge in [0.1, 0.15) is 23.6 Å². The van der Waals surface area contributed by atoms with E-state index in [0.717, 1.165) is 37.0 Å². The van der Waals surface area contributed by atoms with E-state index >= 15 is 0 Å². The molecule has 0 atom stereocenters. The molecule has 0 spiro atoms. The molecule has 1 aliphatic rings. The Kier molecular flexibility index (Phi) is 8.60. The first kappa shape index (κ1) is 27.4. The first-order valence-corrected chi connectivity index (χ1v) is 12.1. The monoisotopic (exact) mass is 534 g/mol. The summed E-state index contributed by atoms with van der Waals surface area (Å²) in [6, 6.07) is 8.56. The fraction of sp³-hybridized carbons (Fsp3) is 0.214. The second-order valence-corrected chi connectivity index (χ2v) is 8.81. The molecule has 2 N–H and O–H groups in total. The van der Waals surface area contributed by atoms with Crippen molar-refractivity contribution in [2.45, 2.75) is 26.2 Å². The lowest BCUT2D eigenvalue weighted by Crippen LogP contribution is -2.14. The highest BCUT2D eigenvalue weighted by Crippen LogP contribution is 2.30. The predicted molar refractivity (Wildman–Crippen MR) is 141 cm³/mol. The van der Waals surface area contributed by atoms with Crippen LogP contribution in [0.2, 0.25) is 0 Å². The third-order valence-corrected chi connectivity index (χ3v) is 5.87. The summed E-state index contributed by atoms with van der Waals surface area (Å²) in [5.41, 5.74) is 2.26. The number of hydrogen-bond acceptors (Lipinski definition) is 7. The van der Waals surface area contributed by atoms with Crippen molar-refractivity contribution in [3.63, 3.8) is 0 Å². The standard InChI is InChI=1S/C24H19F3N6O.C4H6O/c1-13-7-17(25)18(33-24(34)15-4-5-30-19(8-15)23(26)27)10-16(13)21-12-29-11-20(32-21)14-3-6-31-22(9-14)28-2;5-3-4-1-2-4/h3-12,23H,1-2H3,(H,28,31)(H,33,34);3-4H,1-2H2. The largest absolute Gasteiger partial charge is 0.373 e. The number of aromatic nitrogens is 4. The van der Waals surface area contributed by atoms with Crippen LogP contribution in [-0.4, -0.2) is 39.2 Å². The second kappa shape index (κ2) is 12.2. The van der Waals surface area contributed by atoms with Crippen molar-refractivity contribution in [3.05, 3.63) is 83.8 Å². The molecule has 0 unspecified atom stereocenters. The van der Waals surface area contributed by atoms with Crippen molar-refractivity contribution in [1.29, 1.82) is 0 Å². The first-order chi connectivity index (χ1) is 18.8. The van der Waals surface area contributed by atoms with E-state index in [0.29, 0.717) is 34.3 Å². The highest BCUT2D eigenvalue weighted by molar-refractivity contribution is 6.04. The van der Waals surface area contributed by atoms with Crippen molar-refractivity contribution in [2.24, 2.45) is 5.92 Å². The summed E-state index contributed by atoms with van der Waals surface area (Å²) < 4.78 is 40.5. The molecule has 11 heteroatoms. The first-order valence-electron chi connectivity index (χ1n) is 12.1. The van der Waals surface area contributed by atoms with Crippen molar-refractivity contribution in [1.82, 2.24) is 19.9 Å². The average Bonchev–Trinajstić information content (AvgIpc) is 3.80. The average molecular weight is 535 g/mol. The van der Waals surface area contributed by atoms with Gasteiger partial charge in [-0.15, -0.1) is 0 Å². The van der Waals surface area contributed by atoms with Gasteiger partial charge in [-0.2, -0.15) is 0 Å². The summed E-state index contributed by atoms with van der Waals surface area (Å²) in [6.45, 7) is 1.71. The Labute approximate surface area is 222 Å². The molecule has 1 fully saturated rings. The van der Waals surface area contributed by atoms with E-state index < -0.39 is 23.8 Å². The van der Waals surface area contributed by atoms with Crippen LogP contribution in [0.4, 0.5) is 24.7 Å². The lowest BCUT2D eigenvalue weighted by atomic mass is 10.0. The third-order valence-electron chi connectivity index (χ3n) is 5.87. The molecule has 3 heterocycles. The molecule has 1 amide bonds. The molecule has 0 bridgehead atoms. The van der Waals surface area contributed by atoms with Gasteiger partial charge < -0.3 is 15.4 Å². The zero-order chi connectivity index (χ0) is 27.9. The molecule has 1 aliphatic carbocycles. The fourth-order valence-electron chi connectivity index (χ4n) is 3.54. The summed E-state index contributed by atoms with van der Waals surface area (Å²) in [5.74, 6) is -0.294. The molecule has 4 aromatic rings. The lowest BCUT2D eigenvalue weighted by molar-refractivity contribution is -0.108. The Morgan fingerprint density at radius 2 is 1.79 bits per heavy atom. The Balaban J connectivity index is 0.000000634. The molecule has 1 saturated carbocycles. The number of rotatable bonds is 7. The number of carbonyl (C=O) groups excluding carboxylic acids is 2. The fourth-order valence-corrected chi connectivity index (χ4v) is 3.54. The lowest BCUT2D eigenvalue weighted by Gasteiger charge is -2.12. The molecular weight excluding hydrogens is 509 g/mol. The van der Waals surface area contributed by atoms with E-state index in [2.05, 4.69) is 30.6 Å². The molecule has 200 valence electrons. The molecular formula is C28H25F3N6O2. The Bertz CT molecular complexity index is 1490. The van der Waals surface area contributed by atoms with Gasteiger partial charge in [0.2, 0.25) is 0 Å². The highest BCUT2D eigenvalue weighted by Gasteiger charge is 2.19. The number of alkyl halides is 2. The topological polar surface area (TPSA) is 110 Å². The number of nitrogens with zero attached hydrogens (tertiary/aromatic N) is 4. The normalized spacial score (nSPS) is 12.4. The van der Waals surface area contributed by atoms with E-state index in [9.17, 15) is 22.8 Å². The quantitative estimate of drug-likeness (QED) is 0.285. The van der Waals surface area contributed by atoms with Crippen LogP contribution in [0, 0.1) is 18.7 Å². The molecule has 39 heavy (non-hydrogen) atoms. The van der Waals surface area contributed by atoms with Gasteiger partial charge in [-0.05, 0) is 61.7 Å². The molecule has 0 saturated heterocycles. The van der Waals surface area contributed by atoms with Crippen LogP contribution < -0.4 is 10.6 Å². The Hall–Kier alpha value is -4.67. The van der Waals surface area contributed by atoms with Gasteiger partial charge in [-0.1, -0.05) is 0 Å². The minimum Gasteiger partial charge on any atom is -0.373 e. The number of carbonyl (C=O) groups is 2. The van der Waals surface area contributed by atoms with E-state index in [1.54, 1.807) is 32.4 Å². The summed E-state index contributed by atoms with van der Waals surface area (Å²) in [4.78, 5) is 38.8. The number of halogens is 3. The minimum absolute atomic E-state index is 0.0633. The maximum Gasteiger partial charge on any atom is 0.280 e. The number of anilines is 2. The van der Waals surface area contributed by atoms with Crippen LogP contribution in [0.15, 0.2) is 61.2 Å². The maximum absolute atomic E-state index is 14.7. The van der Waals surface area contributed by atoms with Gasteiger partial charge in [-0.3, -0.25) is 14.8 Å². The van der Waals surface area contributed by atoms with Gasteiger partial charge in [-0.25, -0.2) is 23.1 Å². The molecule has 8 nitrogen and oxygen atoms in total. The molecule has 3 aromatic heterocycles. The maximum atomic E-state index is 14.7. The minimum atomic E-state index is -2.83. The SMILES string of the molecule is CNc1cc(-c2cncc(-c3cc(NC(=O)c4ccnc(C(F)F)c4)c(F)cc3C)n2)ccn1.O=CC1CC1. The van der Waals surface area contributed by atoms with E-state index in [4.69, 9.17) is 0 Å². The van der Waals surface area contributed by atoms with Crippen LogP contribution >= 0.6 is 0 Å². The van der Waals surface area contributed by atoms with Gasteiger partial charge in [0.15, 0.2) is 0 Å². The van der Waals surface area contributed by atoms with Crippen molar-refractivity contribution in [3.8, 4) is 22.5 Å². The predicted octanol–water partition coefficient (Wildman–Crippen LogP) is 5.88. The number of aldehydes is 1. The second-order valence-electron chi connectivity index (χ2n) is 8.81. The van der Waals surface area contributed by atoms with Gasteiger partial charge in [0.05, 0.1) is 29.5 Å². The van der Waals surface area contributed by atoms with Crippen LogP contribution in [0.5, 0.6) is 0 Å². The van der Waals surface area contributed by atoms with Crippen LogP contribution in [0.1, 0.15) is 40.9 Å². The van der Waals surface area contributed by atoms with Crippen molar-refractivity contribution < 1.29 is 22.8 Å². The van der Waals surface area contributed by atoms with Gasteiger partial charge >= 0.3 is 0 Å². The Morgan fingerprint density at radius 3 is 2.46 bits per heavy atom. The number of aryl methyl sites for hydroxylation is 1. The number of hydrogen-bond donors (Lipinski definition) is 2. The summed E-state index contributed by atoms with van der Waals surface area (Å²) in [7, 11) is 1.76. The molecule has 0 radical (unpaired) electrons. The van der Waals surface area contributed by atoms with Crippen LogP contribution in [0.3, 0.4) is 0 Å². The summed E-state index contributed by atoms with van der Waals surface area (Å²) in [5, 5.41) is 5.40. The molecule has 5 rings (SSSR count). The van der Waals surface area contributed by atoms with Gasteiger partial charge in [0, 0.05) is 42.0 Å². The third kappa shape index (κ3) is 7.01. The van der Waals surface area contributed by atoms with Gasteiger partial charge in [0.25, 0.3) is 12.3 Å².